The van der Waals surface area contributed by atoms with Crippen molar-refractivity contribution >= 4 is 5.91 Å². The minimum absolute atomic E-state index is 0.127. The number of carbonyl (C=O) groups is 1. The molecule has 33 heavy (non-hydrogen) atoms. The molecule has 4 unspecified atom stereocenters. The smallest absolute Gasteiger partial charge is 0.223 e. The number of β-amino-alcohol motifs (C(OH)–C–C–N with tert-alkyl or cyclic N) is 1. The summed E-state index contributed by atoms with van der Waals surface area (Å²) in [6.07, 6.45) is -6.68. The monoisotopic (exact) mass is 477 g/mol. The summed E-state index contributed by atoms with van der Waals surface area (Å²) in [6.45, 7) is -1.19. The number of hydrogen-bond acceptors (Lipinski definition) is 11. The molecule has 1 spiro atoms. The lowest BCUT2D eigenvalue weighted by Gasteiger charge is -2.41. The summed E-state index contributed by atoms with van der Waals surface area (Å²) in [6, 6.07) is 0. The molecule has 1 saturated carbocycles. The van der Waals surface area contributed by atoms with Crippen LogP contribution in [0.2, 0.25) is 0 Å². The number of aliphatic hydroxyl groups is 7. The van der Waals surface area contributed by atoms with Crippen LogP contribution in [0.5, 0.6) is 0 Å². The van der Waals surface area contributed by atoms with Gasteiger partial charge in [0.2, 0.25) is 11.7 Å². The molecular weight excluding hydrogens is 442 g/mol. The van der Waals surface area contributed by atoms with Crippen LogP contribution in [0, 0.1) is 5.41 Å². The predicted molar refractivity (Wildman–Crippen MR) is 108 cm³/mol. The van der Waals surface area contributed by atoms with Crippen molar-refractivity contribution in [1.82, 2.24) is 4.90 Å². The Kier molecular flexibility index (Phi) is 7.33. The topological polar surface area (TPSA) is 190 Å². The summed E-state index contributed by atoms with van der Waals surface area (Å²) in [5.41, 5.74) is -0.127. The zero-order chi connectivity index (χ0) is 24.0. The Morgan fingerprint density at radius 2 is 1.64 bits per heavy atom. The number of rotatable bonds is 6. The minimum atomic E-state index is -2.23. The first-order valence-corrected chi connectivity index (χ1v) is 11.6. The number of carbonyl (C=O) groups excluding carboxylic acids is 1. The zero-order valence-electron chi connectivity index (χ0n) is 18.4. The Bertz CT molecular complexity index is 702. The summed E-state index contributed by atoms with van der Waals surface area (Å²) in [7, 11) is 0. The van der Waals surface area contributed by atoms with Crippen LogP contribution in [-0.2, 0) is 19.0 Å². The molecule has 12 heteroatoms. The molecule has 12 nitrogen and oxygen atoms in total. The second-order valence-corrected chi connectivity index (χ2v) is 9.91. The van der Waals surface area contributed by atoms with E-state index in [1.807, 2.05) is 0 Å². The fourth-order valence-corrected chi connectivity index (χ4v) is 5.66. The second-order valence-electron chi connectivity index (χ2n) is 9.91. The zero-order valence-corrected chi connectivity index (χ0v) is 18.4. The summed E-state index contributed by atoms with van der Waals surface area (Å²) >= 11 is 0. The van der Waals surface area contributed by atoms with Gasteiger partial charge in [0, 0.05) is 13.0 Å². The number of likely N-dealkylation sites (tertiary alicyclic amines) is 1. The maximum Gasteiger partial charge on any atom is 0.223 e. The molecule has 0 bridgehead atoms. The van der Waals surface area contributed by atoms with Crippen LogP contribution in [0.15, 0.2) is 0 Å². The van der Waals surface area contributed by atoms with Gasteiger partial charge in [0.1, 0.15) is 42.7 Å². The quantitative estimate of drug-likeness (QED) is 0.204. The highest BCUT2D eigenvalue weighted by atomic mass is 16.7. The number of ether oxygens (including phenoxy) is 3. The van der Waals surface area contributed by atoms with E-state index < -0.39 is 68.0 Å². The van der Waals surface area contributed by atoms with E-state index in [2.05, 4.69) is 0 Å². The highest BCUT2D eigenvalue weighted by Gasteiger charge is 2.58. The van der Waals surface area contributed by atoms with Crippen LogP contribution in [0.3, 0.4) is 0 Å². The van der Waals surface area contributed by atoms with E-state index in [4.69, 9.17) is 14.2 Å². The second kappa shape index (κ2) is 9.61. The van der Waals surface area contributed by atoms with Gasteiger partial charge in [-0.05, 0) is 18.3 Å². The lowest BCUT2D eigenvalue weighted by molar-refractivity contribution is -0.318. The van der Waals surface area contributed by atoms with Crippen LogP contribution >= 0.6 is 0 Å². The Hall–Kier alpha value is -0.930. The third-order valence-electron chi connectivity index (χ3n) is 7.55. The van der Waals surface area contributed by atoms with E-state index in [1.54, 1.807) is 0 Å². The molecule has 4 aliphatic rings. The average molecular weight is 478 g/mol. The van der Waals surface area contributed by atoms with E-state index in [0.29, 0.717) is 13.0 Å². The first-order chi connectivity index (χ1) is 15.6. The van der Waals surface area contributed by atoms with Crippen LogP contribution in [0.4, 0.5) is 0 Å². The highest BCUT2D eigenvalue weighted by molar-refractivity contribution is 5.79. The lowest BCUT2D eigenvalue weighted by Crippen LogP contribution is -2.61. The molecule has 3 saturated heterocycles. The van der Waals surface area contributed by atoms with Crippen molar-refractivity contribution in [3.8, 4) is 0 Å². The molecule has 4 rings (SSSR count). The Morgan fingerprint density at radius 1 is 0.970 bits per heavy atom. The maximum atomic E-state index is 12.7. The summed E-state index contributed by atoms with van der Waals surface area (Å²) in [5, 5.41) is 71.2. The third-order valence-corrected chi connectivity index (χ3v) is 7.55. The van der Waals surface area contributed by atoms with Crippen LogP contribution < -0.4 is 0 Å². The third kappa shape index (κ3) is 4.66. The molecule has 7 N–H and O–H groups in total. The van der Waals surface area contributed by atoms with E-state index in [1.165, 1.54) is 4.90 Å². The molecule has 1 amide bonds. The number of aliphatic hydroxyl groups excluding tert-OH is 6. The molecule has 9 atom stereocenters. The van der Waals surface area contributed by atoms with Gasteiger partial charge in [0.05, 0.1) is 19.8 Å². The molecule has 190 valence electrons. The molecule has 3 heterocycles. The lowest BCUT2D eigenvalue weighted by atomic mass is 9.73. The number of nitrogens with zero attached hydrogens (tertiary/aromatic N) is 1. The van der Waals surface area contributed by atoms with Gasteiger partial charge in [-0.15, -0.1) is 0 Å². The molecule has 0 aromatic rings. The Balaban J connectivity index is 1.45. The number of amides is 1. The highest BCUT2D eigenvalue weighted by Crippen LogP contribution is 2.45. The van der Waals surface area contributed by atoms with Gasteiger partial charge in [-0.25, -0.2) is 0 Å². The maximum absolute atomic E-state index is 12.7. The van der Waals surface area contributed by atoms with Gasteiger partial charge in [-0.3, -0.25) is 4.79 Å². The van der Waals surface area contributed by atoms with Crippen molar-refractivity contribution in [3.05, 3.63) is 0 Å². The molecule has 4 fully saturated rings. The molecular formula is C21H35NO11. The fourth-order valence-electron chi connectivity index (χ4n) is 5.66. The Morgan fingerprint density at radius 3 is 2.27 bits per heavy atom. The summed E-state index contributed by atoms with van der Waals surface area (Å²) in [4.78, 5) is 14.2. The first kappa shape index (κ1) is 25.2. The van der Waals surface area contributed by atoms with Crippen molar-refractivity contribution in [2.45, 2.75) is 93.3 Å². The summed E-state index contributed by atoms with van der Waals surface area (Å²) in [5.74, 6) is -2.37. The van der Waals surface area contributed by atoms with Gasteiger partial charge >= 0.3 is 0 Å². The van der Waals surface area contributed by atoms with Crippen molar-refractivity contribution < 1.29 is 54.8 Å². The molecule has 0 aromatic carbocycles. The van der Waals surface area contributed by atoms with E-state index in [-0.39, 0.29) is 17.9 Å². The van der Waals surface area contributed by atoms with Crippen LogP contribution in [-0.4, -0.2) is 128 Å². The van der Waals surface area contributed by atoms with E-state index in [9.17, 15) is 40.5 Å². The van der Waals surface area contributed by atoms with Crippen molar-refractivity contribution in [2.75, 3.05) is 26.3 Å². The molecule has 3 aliphatic heterocycles. The number of hydrogen-bond donors (Lipinski definition) is 7. The summed E-state index contributed by atoms with van der Waals surface area (Å²) < 4.78 is 16.4. The van der Waals surface area contributed by atoms with Crippen molar-refractivity contribution in [2.24, 2.45) is 5.41 Å². The van der Waals surface area contributed by atoms with E-state index in [0.717, 1.165) is 32.1 Å². The van der Waals surface area contributed by atoms with Gasteiger partial charge in [0.25, 0.3) is 0 Å². The van der Waals surface area contributed by atoms with Crippen molar-refractivity contribution in [3.63, 3.8) is 0 Å². The molecule has 0 radical (unpaired) electrons. The van der Waals surface area contributed by atoms with Gasteiger partial charge in [-0.2, -0.15) is 0 Å². The van der Waals surface area contributed by atoms with Crippen LogP contribution in [0.25, 0.3) is 0 Å². The molecule has 1 aliphatic carbocycles. The van der Waals surface area contributed by atoms with Gasteiger partial charge in [0.15, 0.2) is 6.29 Å². The van der Waals surface area contributed by atoms with Gasteiger partial charge in [-0.1, -0.05) is 19.3 Å². The predicted octanol–water partition coefficient (Wildman–Crippen LogP) is -3.21. The Labute approximate surface area is 191 Å². The fraction of sp³-hybridized carbons (Fsp3) is 0.952. The normalized spacial score (nSPS) is 45.8. The van der Waals surface area contributed by atoms with Gasteiger partial charge < -0.3 is 54.9 Å². The minimum Gasteiger partial charge on any atom is -0.394 e. The van der Waals surface area contributed by atoms with Crippen molar-refractivity contribution in [1.29, 1.82) is 0 Å². The SMILES string of the molecule is O=C1CC2(CCCCC2)CN1CC1(O)OC(CO)C(O[C@@H]2O[C@H](CO)[C@H](O)[C@H](O)[C@H]2O)C1O. The first-order valence-electron chi connectivity index (χ1n) is 11.6. The van der Waals surface area contributed by atoms with Crippen LogP contribution in [0.1, 0.15) is 38.5 Å². The standard InChI is InChI=1S/C21H35NO11/c23-7-11-14(26)15(27)16(28)19(31-11)32-17-12(8-24)33-21(30,18(17)29)10-22-9-20(6-13(22)25)4-2-1-3-5-20/h11-12,14-19,23-24,26-30H,1-10H2/t11-,12?,14+,15+,16-,17?,18?,19+,21?/m1/s1. The molecule has 0 aromatic heterocycles. The average Bonchev–Trinajstić information content (AvgIpc) is 3.21. The van der Waals surface area contributed by atoms with E-state index >= 15 is 0 Å². The largest absolute Gasteiger partial charge is 0.394 e.